The molecule has 1 N–H and O–H groups in total. The standard InChI is InChI=1S/C17H16N2O2/c1-20-16-8-7-12(11-17(16)21-2)19-15-9-10-18-14-6-4-3-5-13(14)15/h3-11H,1-2H3,(H,18,19). The van der Waals surface area contributed by atoms with Crippen molar-refractivity contribution in [1.82, 2.24) is 4.98 Å². The van der Waals surface area contributed by atoms with Crippen molar-refractivity contribution >= 4 is 22.3 Å². The van der Waals surface area contributed by atoms with Crippen molar-refractivity contribution in [2.45, 2.75) is 0 Å². The first-order valence-corrected chi connectivity index (χ1v) is 6.64. The Kier molecular flexibility index (Phi) is 3.60. The predicted molar refractivity (Wildman–Crippen MR) is 84.6 cm³/mol. The van der Waals surface area contributed by atoms with Gasteiger partial charge in [0.15, 0.2) is 11.5 Å². The fourth-order valence-corrected chi connectivity index (χ4v) is 2.27. The maximum atomic E-state index is 5.32. The molecule has 2 aromatic carbocycles. The Labute approximate surface area is 123 Å². The molecule has 21 heavy (non-hydrogen) atoms. The van der Waals surface area contributed by atoms with Gasteiger partial charge in [-0.15, -0.1) is 0 Å². The predicted octanol–water partition coefficient (Wildman–Crippen LogP) is 4.00. The lowest BCUT2D eigenvalue weighted by molar-refractivity contribution is 0.355. The fraction of sp³-hybridized carbons (Fsp3) is 0.118. The lowest BCUT2D eigenvalue weighted by Crippen LogP contribution is -1.95. The van der Waals surface area contributed by atoms with E-state index in [2.05, 4.69) is 10.3 Å². The zero-order valence-corrected chi connectivity index (χ0v) is 12.0. The van der Waals surface area contributed by atoms with Crippen LogP contribution in [-0.4, -0.2) is 19.2 Å². The summed E-state index contributed by atoms with van der Waals surface area (Å²) < 4.78 is 10.6. The zero-order valence-electron chi connectivity index (χ0n) is 12.0. The van der Waals surface area contributed by atoms with Crippen molar-refractivity contribution in [3.63, 3.8) is 0 Å². The summed E-state index contributed by atoms with van der Waals surface area (Å²) in [6.45, 7) is 0. The molecule has 1 heterocycles. The van der Waals surface area contributed by atoms with Gasteiger partial charge in [-0.05, 0) is 24.3 Å². The number of nitrogens with zero attached hydrogens (tertiary/aromatic N) is 1. The number of fused-ring (bicyclic) bond motifs is 1. The summed E-state index contributed by atoms with van der Waals surface area (Å²) in [5.74, 6) is 1.41. The van der Waals surface area contributed by atoms with Crippen LogP contribution in [0.25, 0.3) is 10.9 Å². The van der Waals surface area contributed by atoms with E-state index in [1.165, 1.54) is 0 Å². The third-order valence-electron chi connectivity index (χ3n) is 3.31. The highest BCUT2D eigenvalue weighted by atomic mass is 16.5. The van der Waals surface area contributed by atoms with Crippen LogP contribution in [0.5, 0.6) is 11.5 Å². The normalized spacial score (nSPS) is 10.4. The molecule has 0 unspecified atom stereocenters. The molecule has 0 aliphatic heterocycles. The summed E-state index contributed by atoms with van der Waals surface area (Å²) in [6.07, 6.45) is 1.80. The van der Waals surface area contributed by atoms with Crippen molar-refractivity contribution in [1.29, 1.82) is 0 Å². The summed E-state index contributed by atoms with van der Waals surface area (Å²) in [7, 11) is 3.25. The second-order valence-electron chi connectivity index (χ2n) is 4.57. The van der Waals surface area contributed by atoms with E-state index in [1.807, 2.05) is 48.5 Å². The molecule has 0 saturated heterocycles. The van der Waals surface area contributed by atoms with Crippen molar-refractivity contribution < 1.29 is 9.47 Å². The van der Waals surface area contributed by atoms with E-state index in [4.69, 9.17) is 9.47 Å². The lowest BCUT2D eigenvalue weighted by Gasteiger charge is -2.12. The van der Waals surface area contributed by atoms with Crippen LogP contribution in [0.2, 0.25) is 0 Å². The van der Waals surface area contributed by atoms with E-state index in [-0.39, 0.29) is 0 Å². The summed E-state index contributed by atoms with van der Waals surface area (Å²) in [6, 6.07) is 15.7. The number of aromatic nitrogens is 1. The number of ether oxygens (including phenoxy) is 2. The third kappa shape index (κ3) is 2.60. The first-order chi connectivity index (χ1) is 10.3. The molecule has 0 fully saturated rings. The van der Waals surface area contributed by atoms with Crippen molar-refractivity contribution in [2.24, 2.45) is 0 Å². The smallest absolute Gasteiger partial charge is 0.162 e. The molecule has 0 bridgehead atoms. The molecule has 0 spiro atoms. The van der Waals surface area contributed by atoms with Gasteiger partial charge in [0.1, 0.15) is 0 Å². The van der Waals surface area contributed by atoms with Gasteiger partial charge in [0.2, 0.25) is 0 Å². The fourth-order valence-electron chi connectivity index (χ4n) is 2.27. The highest BCUT2D eigenvalue weighted by Gasteiger charge is 2.06. The van der Waals surface area contributed by atoms with Crippen LogP contribution < -0.4 is 14.8 Å². The molecule has 106 valence electrons. The second kappa shape index (κ2) is 5.71. The average molecular weight is 280 g/mol. The molecule has 3 aromatic rings. The number of pyridine rings is 1. The van der Waals surface area contributed by atoms with Crippen LogP contribution in [0.3, 0.4) is 0 Å². The molecule has 0 aliphatic rings. The van der Waals surface area contributed by atoms with Gasteiger partial charge in [0.05, 0.1) is 19.7 Å². The van der Waals surface area contributed by atoms with E-state index >= 15 is 0 Å². The molecular weight excluding hydrogens is 264 g/mol. The molecule has 0 atom stereocenters. The van der Waals surface area contributed by atoms with E-state index in [0.29, 0.717) is 11.5 Å². The Balaban J connectivity index is 1.99. The van der Waals surface area contributed by atoms with Crippen molar-refractivity contribution in [3.8, 4) is 11.5 Å². The minimum Gasteiger partial charge on any atom is -0.493 e. The van der Waals surface area contributed by atoms with Gasteiger partial charge in [-0.1, -0.05) is 18.2 Å². The molecule has 3 rings (SSSR count). The lowest BCUT2D eigenvalue weighted by atomic mass is 10.2. The molecular formula is C17H16N2O2. The number of methoxy groups -OCH3 is 2. The van der Waals surface area contributed by atoms with E-state index in [0.717, 1.165) is 22.3 Å². The number of hydrogen-bond acceptors (Lipinski definition) is 4. The second-order valence-corrected chi connectivity index (χ2v) is 4.57. The first kappa shape index (κ1) is 13.2. The highest BCUT2D eigenvalue weighted by Crippen LogP contribution is 2.32. The van der Waals surface area contributed by atoms with Gasteiger partial charge in [-0.2, -0.15) is 0 Å². The van der Waals surface area contributed by atoms with Gasteiger partial charge < -0.3 is 14.8 Å². The number of benzene rings is 2. The molecule has 0 radical (unpaired) electrons. The van der Waals surface area contributed by atoms with E-state index < -0.39 is 0 Å². The van der Waals surface area contributed by atoms with Crippen LogP contribution >= 0.6 is 0 Å². The highest BCUT2D eigenvalue weighted by molar-refractivity contribution is 5.92. The van der Waals surface area contributed by atoms with E-state index in [9.17, 15) is 0 Å². The molecule has 4 nitrogen and oxygen atoms in total. The molecule has 0 aliphatic carbocycles. The Morgan fingerprint density at radius 2 is 1.71 bits per heavy atom. The van der Waals surface area contributed by atoms with Gasteiger partial charge in [-0.25, -0.2) is 0 Å². The zero-order chi connectivity index (χ0) is 14.7. The number of nitrogens with one attached hydrogen (secondary N) is 1. The minimum atomic E-state index is 0.695. The summed E-state index contributed by atoms with van der Waals surface area (Å²) in [5, 5.41) is 4.48. The number of anilines is 2. The van der Waals surface area contributed by atoms with E-state index in [1.54, 1.807) is 20.4 Å². The Bertz CT molecular complexity index is 766. The van der Waals surface area contributed by atoms with Crippen molar-refractivity contribution in [2.75, 3.05) is 19.5 Å². The van der Waals surface area contributed by atoms with Gasteiger partial charge in [0.25, 0.3) is 0 Å². The van der Waals surface area contributed by atoms with Gasteiger partial charge in [-0.3, -0.25) is 4.98 Å². The summed E-state index contributed by atoms with van der Waals surface area (Å²) in [4.78, 5) is 4.36. The monoisotopic (exact) mass is 280 g/mol. The number of rotatable bonds is 4. The topological polar surface area (TPSA) is 43.4 Å². The van der Waals surface area contributed by atoms with Crippen LogP contribution in [0.15, 0.2) is 54.7 Å². The average Bonchev–Trinajstić information content (AvgIpc) is 2.55. The minimum absolute atomic E-state index is 0.695. The maximum Gasteiger partial charge on any atom is 0.162 e. The van der Waals surface area contributed by atoms with Crippen LogP contribution in [0.1, 0.15) is 0 Å². The quantitative estimate of drug-likeness (QED) is 0.784. The van der Waals surface area contributed by atoms with Crippen LogP contribution in [-0.2, 0) is 0 Å². The van der Waals surface area contributed by atoms with Crippen molar-refractivity contribution in [3.05, 3.63) is 54.7 Å². The number of para-hydroxylation sites is 1. The summed E-state index contributed by atoms with van der Waals surface area (Å²) >= 11 is 0. The van der Waals surface area contributed by atoms with Gasteiger partial charge in [0, 0.05) is 29.0 Å². The maximum absolute atomic E-state index is 5.32. The van der Waals surface area contributed by atoms with Crippen LogP contribution in [0.4, 0.5) is 11.4 Å². The molecule has 4 heteroatoms. The third-order valence-corrected chi connectivity index (χ3v) is 3.31. The molecule has 0 amide bonds. The number of hydrogen-bond donors (Lipinski definition) is 1. The van der Waals surface area contributed by atoms with Gasteiger partial charge >= 0.3 is 0 Å². The Morgan fingerprint density at radius 3 is 2.52 bits per heavy atom. The first-order valence-electron chi connectivity index (χ1n) is 6.64. The Hall–Kier alpha value is -2.75. The summed E-state index contributed by atoms with van der Waals surface area (Å²) in [5.41, 5.74) is 2.90. The Morgan fingerprint density at radius 1 is 0.905 bits per heavy atom. The van der Waals surface area contributed by atoms with Crippen LogP contribution in [0, 0.1) is 0 Å². The SMILES string of the molecule is COc1ccc(Nc2ccnc3ccccc23)cc1OC. The largest absolute Gasteiger partial charge is 0.493 e. The molecule has 0 saturated carbocycles. The molecule has 1 aromatic heterocycles.